The minimum Gasteiger partial charge on any atom is -0.490 e. The minimum atomic E-state index is -0.448. The van der Waals surface area contributed by atoms with Crippen molar-refractivity contribution < 1.29 is 13.5 Å². The second-order valence-electron chi connectivity index (χ2n) is 5.07. The van der Waals surface area contributed by atoms with Gasteiger partial charge in [0, 0.05) is 5.56 Å². The highest BCUT2D eigenvalue weighted by Crippen LogP contribution is 2.33. The van der Waals surface area contributed by atoms with Gasteiger partial charge < -0.3 is 4.74 Å². The molecule has 1 atom stereocenters. The molecular weight excluding hydrogens is 234 g/mol. The molecule has 0 fully saturated rings. The zero-order chi connectivity index (χ0) is 13.0. The van der Waals surface area contributed by atoms with E-state index in [1.165, 1.54) is 25.3 Å². The highest BCUT2D eigenvalue weighted by molar-refractivity contribution is 5.37. The van der Waals surface area contributed by atoms with Crippen LogP contribution in [0.3, 0.4) is 0 Å². The maximum absolute atomic E-state index is 13.6. The number of hydrogen-bond donors (Lipinski definition) is 0. The van der Waals surface area contributed by atoms with Crippen LogP contribution < -0.4 is 4.74 Å². The summed E-state index contributed by atoms with van der Waals surface area (Å²) in [5.74, 6) is -0.342. The Labute approximate surface area is 107 Å². The van der Waals surface area contributed by atoms with Crippen molar-refractivity contribution in [2.24, 2.45) is 5.92 Å². The Bertz CT molecular complexity index is 404. The first-order chi connectivity index (χ1) is 8.72. The van der Waals surface area contributed by atoms with Crippen molar-refractivity contribution in [1.82, 2.24) is 0 Å². The maximum atomic E-state index is 13.6. The zero-order valence-electron chi connectivity index (χ0n) is 10.8. The van der Waals surface area contributed by atoms with Crippen LogP contribution >= 0.6 is 0 Å². The average Bonchev–Trinajstić information content (AvgIpc) is 2.39. The number of benzene rings is 1. The van der Waals surface area contributed by atoms with Crippen molar-refractivity contribution in [3.63, 3.8) is 0 Å². The van der Waals surface area contributed by atoms with Gasteiger partial charge in [0.15, 0.2) is 11.6 Å². The predicted octanol–water partition coefficient (Wildman–Crippen LogP) is 4.49. The second kappa shape index (κ2) is 6.17. The molecule has 100 valence electrons. The first-order valence-electron chi connectivity index (χ1n) is 6.82. The highest BCUT2D eigenvalue weighted by atomic mass is 19.1. The summed E-state index contributed by atoms with van der Waals surface area (Å²) >= 11 is 0. The molecular formula is C15H20F2O. The zero-order valence-corrected chi connectivity index (χ0v) is 10.8. The smallest absolute Gasteiger partial charge is 0.165 e. The Kier molecular flexibility index (Phi) is 4.56. The van der Waals surface area contributed by atoms with Gasteiger partial charge >= 0.3 is 0 Å². The molecule has 1 aliphatic heterocycles. The molecule has 0 saturated heterocycles. The van der Waals surface area contributed by atoms with E-state index >= 15 is 0 Å². The fourth-order valence-electron chi connectivity index (χ4n) is 2.52. The molecule has 1 aromatic carbocycles. The fraction of sp³-hybridized carbons (Fsp3) is 0.600. The monoisotopic (exact) mass is 254 g/mol. The molecule has 0 radical (unpaired) electrons. The lowest BCUT2D eigenvalue weighted by molar-refractivity contribution is 0.198. The Balaban J connectivity index is 1.95. The van der Waals surface area contributed by atoms with Crippen LogP contribution in [0, 0.1) is 17.6 Å². The van der Waals surface area contributed by atoms with Crippen LogP contribution in [0.5, 0.6) is 5.75 Å². The lowest BCUT2D eigenvalue weighted by Crippen LogP contribution is -2.22. The molecule has 0 bridgehead atoms. The van der Waals surface area contributed by atoms with Gasteiger partial charge in [-0.3, -0.25) is 0 Å². The molecule has 3 heteroatoms. The van der Waals surface area contributed by atoms with Gasteiger partial charge in [-0.15, -0.1) is 0 Å². The molecule has 1 nitrogen and oxygen atoms in total. The van der Waals surface area contributed by atoms with Gasteiger partial charge in [0.1, 0.15) is 5.82 Å². The van der Waals surface area contributed by atoms with E-state index < -0.39 is 5.82 Å². The minimum absolute atomic E-state index is 0.125. The van der Waals surface area contributed by atoms with E-state index in [-0.39, 0.29) is 11.6 Å². The summed E-state index contributed by atoms with van der Waals surface area (Å²) < 4.78 is 32.4. The van der Waals surface area contributed by atoms with Crippen LogP contribution in [0.1, 0.15) is 44.6 Å². The van der Waals surface area contributed by atoms with Crippen LogP contribution in [-0.4, -0.2) is 6.61 Å². The van der Waals surface area contributed by atoms with Gasteiger partial charge in [0.05, 0.1) is 6.61 Å². The van der Waals surface area contributed by atoms with E-state index in [2.05, 4.69) is 6.92 Å². The van der Waals surface area contributed by atoms with Gasteiger partial charge in [-0.1, -0.05) is 32.6 Å². The number of unbranched alkanes of at least 4 members (excludes halogenated alkanes) is 3. The van der Waals surface area contributed by atoms with Crippen LogP contribution in [-0.2, 0) is 6.42 Å². The summed E-state index contributed by atoms with van der Waals surface area (Å²) in [5.41, 5.74) is 0.418. The van der Waals surface area contributed by atoms with E-state index in [0.29, 0.717) is 24.5 Å². The van der Waals surface area contributed by atoms with Crippen molar-refractivity contribution in [2.45, 2.75) is 45.4 Å². The normalized spacial score (nSPS) is 18.3. The Morgan fingerprint density at radius 1 is 1.17 bits per heavy atom. The molecule has 1 aliphatic rings. The molecule has 0 N–H and O–H groups in total. The van der Waals surface area contributed by atoms with E-state index in [1.807, 2.05) is 0 Å². The fourth-order valence-corrected chi connectivity index (χ4v) is 2.52. The highest BCUT2D eigenvalue weighted by Gasteiger charge is 2.25. The third-order valence-corrected chi connectivity index (χ3v) is 3.58. The number of ether oxygens (including phenoxy) is 1. The molecule has 2 rings (SSSR count). The Morgan fingerprint density at radius 2 is 1.94 bits per heavy atom. The van der Waals surface area contributed by atoms with Crippen LogP contribution in [0.4, 0.5) is 8.78 Å². The maximum Gasteiger partial charge on any atom is 0.165 e. The average molecular weight is 254 g/mol. The van der Waals surface area contributed by atoms with Crippen molar-refractivity contribution in [3.05, 3.63) is 29.3 Å². The van der Waals surface area contributed by atoms with Crippen molar-refractivity contribution >= 4 is 0 Å². The molecule has 1 unspecified atom stereocenters. The van der Waals surface area contributed by atoms with Crippen molar-refractivity contribution in [1.29, 1.82) is 0 Å². The van der Waals surface area contributed by atoms with Crippen LogP contribution in [0.25, 0.3) is 0 Å². The van der Waals surface area contributed by atoms with E-state index in [0.717, 1.165) is 18.9 Å². The van der Waals surface area contributed by atoms with E-state index in [9.17, 15) is 8.78 Å². The molecule has 0 aliphatic carbocycles. The number of rotatable bonds is 5. The first kappa shape index (κ1) is 13.3. The summed E-state index contributed by atoms with van der Waals surface area (Å²) in [6, 6.07) is 2.33. The predicted molar refractivity (Wildman–Crippen MR) is 67.8 cm³/mol. The van der Waals surface area contributed by atoms with Crippen molar-refractivity contribution in [2.75, 3.05) is 6.61 Å². The molecule has 18 heavy (non-hydrogen) atoms. The summed E-state index contributed by atoms with van der Waals surface area (Å²) in [4.78, 5) is 0. The standard InChI is InChI=1S/C15H20F2O/c1-2-3-4-5-6-11-9-12-13(16)7-8-14(17)15(12)18-10-11/h7-8,11H,2-6,9-10H2,1H3. The third-order valence-electron chi connectivity index (χ3n) is 3.58. The Morgan fingerprint density at radius 3 is 2.72 bits per heavy atom. The molecule has 0 saturated carbocycles. The number of halogens is 2. The molecule has 0 spiro atoms. The van der Waals surface area contributed by atoms with Gasteiger partial charge in [0.25, 0.3) is 0 Å². The van der Waals surface area contributed by atoms with Gasteiger partial charge in [0.2, 0.25) is 0 Å². The second-order valence-corrected chi connectivity index (χ2v) is 5.07. The third kappa shape index (κ3) is 3.01. The van der Waals surface area contributed by atoms with E-state index in [1.54, 1.807) is 0 Å². The topological polar surface area (TPSA) is 9.23 Å². The van der Waals surface area contributed by atoms with Gasteiger partial charge in [-0.25, -0.2) is 8.78 Å². The Hall–Kier alpha value is -1.12. The van der Waals surface area contributed by atoms with Crippen molar-refractivity contribution in [3.8, 4) is 5.75 Å². The largest absolute Gasteiger partial charge is 0.490 e. The summed E-state index contributed by atoms with van der Waals surface area (Å²) in [6.07, 6.45) is 6.46. The summed E-state index contributed by atoms with van der Waals surface area (Å²) in [5, 5.41) is 0. The summed E-state index contributed by atoms with van der Waals surface area (Å²) in [6.45, 7) is 2.69. The molecule has 0 aromatic heterocycles. The quantitative estimate of drug-likeness (QED) is 0.704. The molecule has 0 amide bonds. The number of hydrogen-bond acceptors (Lipinski definition) is 1. The number of fused-ring (bicyclic) bond motifs is 1. The molecule has 1 aromatic rings. The molecule has 1 heterocycles. The first-order valence-corrected chi connectivity index (χ1v) is 6.82. The SMILES string of the molecule is CCCCCCC1COc2c(F)ccc(F)c2C1. The van der Waals surface area contributed by atoms with E-state index in [4.69, 9.17) is 4.74 Å². The van der Waals surface area contributed by atoms with Crippen LogP contribution in [0.2, 0.25) is 0 Å². The van der Waals surface area contributed by atoms with Crippen LogP contribution in [0.15, 0.2) is 12.1 Å². The van der Waals surface area contributed by atoms with Gasteiger partial charge in [-0.05, 0) is 30.9 Å². The van der Waals surface area contributed by atoms with Gasteiger partial charge in [-0.2, -0.15) is 0 Å². The lowest BCUT2D eigenvalue weighted by atomic mass is 9.91. The lowest BCUT2D eigenvalue weighted by Gasteiger charge is -2.25. The summed E-state index contributed by atoms with van der Waals surface area (Å²) in [7, 11) is 0.